The van der Waals surface area contributed by atoms with Crippen molar-refractivity contribution < 1.29 is 0 Å². The van der Waals surface area contributed by atoms with Crippen molar-refractivity contribution in [3.63, 3.8) is 0 Å². The third-order valence-electron chi connectivity index (χ3n) is 5.07. The van der Waals surface area contributed by atoms with Crippen LogP contribution in [0.25, 0.3) is 0 Å². The molecule has 3 rings (SSSR count). The van der Waals surface area contributed by atoms with Crippen molar-refractivity contribution in [1.29, 1.82) is 0 Å². The number of nitrogens with one attached hydrogen (secondary N) is 1. The third kappa shape index (κ3) is 3.66. The largest absolute Gasteiger partial charge is 0.303 e. The summed E-state index contributed by atoms with van der Waals surface area (Å²) in [6.07, 6.45) is 2.29. The van der Waals surface area contributed by atoms with Gasteiger partial charge in [-0.15, -0.1) is 11.8 Å². The second kappa shape index (κ2) is 7.95. The average molecular weight is 360 g/mol. The van der Waals surface area contributed by atoms with Crippen molar-refractivity contribution >= 4 is 23.4 Å². The Hall–Kier alpha value is -0.960. The lowest BCUT2D eigenvalue weighted by Crippen LogP contribution is -2.34. The number of hydrogen-bond acceptors (Lipinski definition) is 2. The van der Waals surface area contributed by atoms with Gasteiger partial charge < -0.3 is 5.32 Å². The van der Waals surface area contributed by atoms with Crippen molar-refractivity contribution in [3.8, 4) is 0 Å². The zero-order chi connectivity index (χ0) is 17.1. The minimum atomic E-state index is 0.212. The van der Waals surface area contributed by atoms with Crippen LogP contribution in [0.15, 0.2) is 47.4 Å². The molecule has 1 unspecified atom stereocenters. The molecule has 0 aliphatic carbocycles. The Balaban J connectivity index is 2.13. The number of thioether (sulfide) groups is 1. The molecule has 0 radical (unpaired) electrons. The summed E-state index contributed by atoms with van der Waals surface area (Å²) in [4.78, 5) is 1.35. The van der Waals surface area contributed by atoms with Gasteiger partial charge in [0.2, 0.25) is 0 Å². The number of fused-ring (bicyclic) bond motifs is 1. The van der Waals surface area contributed by atoms with E-state index in [1.165, 1.54) is 21.6 Å². The molecular formula is C21H26ClNS. The fourth-order valence-electron chi connectivity index (χ4n) is 3.38. The second-order valence-electron chi connectivity index (χ2n) is 6.64. The summed E-state index contributed by atoms with van der Waals surface area (Å²) in [5.74, 6) is 1.66. The molecule has 0 saturated heterocycles. The zero-order valence-electron chi connectivity index (χ0n) is 14.7. The van der Waals surface area contributed by atoms with Crippen molar-refractivity contribution in [1.82, 2.24) is 5.32 Å². The predicted octanol–water partition coefficient (Wildman–Crippen LogP) is 6.42. The van der Waals surface area contributed by atoms with E-state index >= 15 is 0 Å². The van der Waals surface area contributed by atoms with Crippen LogP contribution in [0.5, 0.6) is 0 Å². The normalized spacial score (nSPS) is 21.8. The highest BCUT2D eigenvalue weighted by Gasteiger charge is 2.27. The monoisotopic (exact) mass is 359 g/mol. The van der Waals surface area contributed by atoms with Gasteiger partial charge in [-0.2, -0.15) is 0 Å². The molecule has 3 heteroatoms. The Kier molecular flexibility index (Phi) is 5.91. The smallest absolute Gasteiger partial charge is 0.0593 e. The van der Waals surface area contributed by atoms with E-state index < -0.39 is 0 Å². The van der Waals surface area contributed by atoms with Gasteiger partial charge >= 0.3 is 0 Å². The molecule has 24 heavy (non-hydrogen) atoms. The van der Waals surface area contributed by atoms with E-state index in [0.717, 1.165) is 23.6 Å². The van der Waals surface area contributed by atoms with Crippen molar-refractivity contribution in [2.45, 2.75) is 56.5 Å². The third-order valence-corrected chi connectivity index (χ3v) is 6.56. The van der Waals surface area contributed by atoms with Crippen molar-refractivity contribution in [2.24, 2.45) is 0 Å². The molecule has 0 fully saturated rings. The Morgan fingerprint density at radius 2 is 1.96 bits per heavy atom. The molecule has 1 heterocycles. The first-order chi connectivity index (χ1) is 11.6. The van der Waals surface area contributed by atoms with Crippen LogP contribution in [0.2, 0.25) is 5.02 Å². The summed E-state index contributed by atoms with van der Waals surface area (Å²) in [6.45, 7) is 6.84. The van der Waals surface area contributed by atoms with E-state index in [1.54, 1.807) is 0 Å². The fourth-order valence-corrected chi connectivity index (χ4v) is 4.78. The van der Waals surface area contributed by atoms with Crippen LogP contribution < -0.4 is 5.32 Å². The summed E-state index contributed by atoms with van der Waals surface area (Å²) in [6, 6.07) is 15.9. The number of hydrogen-bond donors (Lipinski definition) is 1. The lowest BCUT2D eigenvalue weighted by atomic mass is 9.87. The SMILES string of the molecule is CCC(C)c1ccccc1[C@@H]1N[C@H](CC)CSc2ccc(Cl)cc21. The van der Waals surface area contributed by atoms with Gasteiger partial charge in [0.1, 0.15) is 0 Å². The van der Waals surface area contributed by atoms with E-state index in [1.807, 2.05) is 17.8 Å². The summed E-state index contributed by atoms with van der Waals surface area (Å²) in [5.41, 5.74) is 4.17. The maximum Gasteiger partial charge on any atom is 0.0593 e. The summed E-state index contributed by atoms with van der Waals surface area (Å²) in [5, 5.41) is 4.72. The molecule has 2 aromatic carbocycles. The van der Waals surface area contributed by atoms with Crippen LogP contribution in [0, 0.1) is 0 Å². The highest BCUT2D eigenvalue weighted by molar-refractivity contribution is 7.99. The maximum absolute atomic E-state index is 6.35. The lowest BCUT2D eigenvalue weighted by Gasteiger charge is -2.27. The van der Waals surface area contributed by atoms with Gasteiger partial charge in [-0.25, -0.2) is 0 Å². The predicted molar refractivity (Wildman–Crippen MR) is 106 cm³/mol. The van der Waals surface area contributed by atoms with Gasteiger partial charge in [0.25, 0.3) is 0 Å². The Labute approximate surface area is 155 Å². The van der Waals surface area contributed by atoms with Gasteiger partial charge in [0.05, 0.1) is 6.04 Å². The summed E-state index contributed by atoms with van der Waals surface area (Å²) in [7, 11) is 0. The molecule has 1 aliphatic rings. The van der Waals surface area contributed by atoms with E-state index in [-0.39, 0.29) is 6.04 Å². The van der Waals surface area contributed by atoms with Crippen LogP contribution in [-0.4, -0.2) is 11.8 Å². The quantitative estimate of drug-likeness (QED) is 0.676. The van der Waals surface area contributed by atoms with Gasteiger partial charge in [0.15, 0.2) is 0 Å². The van der Waals surface area contributed by atoms with Crippen molar-refractivity contribution in [3.05, 3.63) is 64.2 Å². The van der Waals surface area contributed by atoms with Gasteiger partial charge in [-0.1, -0.05) is 56.6 Å². The molecule has 0 spiro atoms. The second-order valence-corrected chi connectivity index (χ2v) is 8.13. The molecule has 2 aromatic rings. The Morgan fingerprint density at radius 3 is 2.71 bits per heavy atom. The summed E-state index contributed by atoms with van der Waals surface area (Å²) < 4.78 is 0. The van der Waals surface area contributed by atoms with E-state index in [2.05, 4.69) is 62.5 Å². The number of benzene rings is 2. The highest BCUT2D eigenvalue weighted by atomic mass is 35.5. The molecule has 0 aromatic heterocycles. The van der Waals surface area contributed by atoms with E-state index in [4.69, 9.17) is 11.6 Å². The van der Waals surface area contributed by atoms with Crippen LogP contribution in [0.3, 0.4) is 0 Å². The lowest BCUT2D eigenvalue weighted by molar-refractivity contribution is 0.490. The zero-order valence-corrected chi connectivity index (χ0v) is 16.3. The molecule has 1 aliphatic heterocycles. The van der Waals surface area contributed by atoms with Crippen LogP contribution >= 0.6 is 23.4 Å². The Morgan fingerprint density at radius 1 is 1.17 bits per heavy atom. The fraction of sp³-hybridized carbons (Fsp3) is 0.429. The van der Waals surface area contributed by atoms with E-state index in [0.29, 0.717) is 12.0 Å². The molecule has 1 N–H and O–H groups in total. The molecule has 3 atom stereocenters. The topological polar surface area (TPSA) is 12.0 Å². The van der Waals surface area contributed by atoms with Crippen LogP contribution in [0.1, 0.15) is 62.3 Å². The standard InChI is InChI=1S/C21H26ClNS/c1-4-14(3)17-8-6-7-9-18(17)21-19-12-15(22)10-11-20(19)24-13-16(5-2)23-21/h6-12,14,16,21,23H,4-5,13H2,1-3H3/t14?,16-,21+/m1/s1. The first kappa shape index (κ1) is 17.8. The minimum absolute atomic E-state index is 0.212. The summed E-state index contributed by atoms with van der Waals surface area (Å²) >= 11 is 8.29. The van der Waals surface area contributed by atoms with Crippen LogP contribution in [0.4, 0.5) is 0 Å². The van der Waals surface area contributed by atoms with Gasteiger partial charge in [-0.05, 0) is 53.6 Å². The van der Waals surface area contributed by atoms with Gasteiger partial charge in [-0.3, -0.25) is 0 Å². The van der Waals surface area contributed by atoms with Gasteiger partial charge in [0, 0.05) is 21.7 Å². The molecule has 1 nitrogen and oxygen atoms in total. The minimum Gasteiger partial charge on any atom is -0.303 e. The molecular weight excluding hydrogens is 334 g/mol. The molecule has 0 saturated carbocycles. The molecule has 0 bridgehead atoms. The molecule has 0 amide bonds. The van der Waals surface area contributed by atoms with Crippen LogP contribution in [-0.2, 0) is 0 Å². The Bertz CT molecular complexity index is 700. The number of rotatable bonds is 4. The number of halogens is 1. The molecule has 128 valence electrons. The van der Waals surface area contributed by atoms with E-state index in [9.17, 15) is 0 Å². The maximum atomic E-state index is 6.35. The first-order valence-electron chi connectivity index (χ1n) is 8.91. The highest BCUT2D eigenvalue weighted by Crippen LogP contribution is 2.39. The average Bonchev–Trinajstić information content (AvgIpc) is 2.80. The first-order valence-corrected chi connectivity index (χ1v) is 10.3. The van der Waals surface area contributed by atoms with Crippen molar-refractivity contribution in [2.75, 3.05) is 5.75 Å².